The minimum Gasteiger partial charge on any atom is -0.272 e. The highest BCUT2D eigenvalue weighted by Gasteiger charge is 2.59. The molecule has 3 amide bonds. The number of nitrogens with zero attached hydrogens (tertiary/aromatic N) is 2. The SMILES string of the molecule is O=C(NN1C(=O)[C@@H]2[C@H](C1=O)[C@H]1C=C[C@H]2C1)c1ccc([N+](=O)[O-])cc1. The number of nitrogens with one attached hydrogen (secondary N) is 1. The monoisotopic (exact) mass is 327 g/mol. The Bertz CT molecular complexity index is 770. The van der Waals surface area contributed by atoms with Gasteiger partial charge in [-0.05, 0) is 30.4 Å². The molecule has 8 nitrogen and oxygen atoms in total. The van der Waals surface area contributed by atoms with Gasteiger partial charge < -0.3 is 0 Å². The molecule has 2 fully saturated rings. The van der Waals surface area contributed by atoms with E-state index in [0.717, 1.165) is 11.4 Å². The van der Waals surface area contributed by atoms with Gasteiger partial charge in [-0.1, -0.05) is 12.2 Å². The molecule has 2 bridgehead atoms. The van der Waals surface area contributed by atoms with E-state index in [9.17, 15) is 24.5 Å². The summed E-state index contributed by atoms with van der Waals surface area (Å²) < 4.78 is 0. The number of hydrazine groups is 1. The molecule has 1 saturated heterocycles. The van der Waals surface area contributed by atoms with E-state index in [2.05, 4.69) is 5.43 Å². The third kappa shape index (κ3) is 1.96. The molecule has 0 aromatic heterocycles. The molecule has 1 aliphatic heterocycles. The second-order valence-corrected chi connectivity index (χ2v) is 6.26. The van der Waals surface area contributed by atoms with Crippen LogP contribution in [-0.2, 0) is 9.59 Å². The summed E-state index contributed by atoms with van der Waals surface area (Å²) in [6.45, 7) is 0. The number of nitro benzene ring substituents is 1. The van der Waals surface area contributed by atoms with Crippen molar-refractivity contribution in [1.29, 1.82) is 0 Å². The van der Waals surface area contributed by atoms with Crippen LogP contribution < -0.4 is 5.43 Å². The lowest BCUT2D eigenvalue weighted by molar-refractivity contribution is -0.384. The van der Waals surface area contributed by atoms with Gasteiger partial charge in [0.25, 0.3) is 23.4 Å². The predicted molar refractivity (Wildman–Crippen MR) is 80.1 cm³/mol. The standard InChI is InChI=1S/C16H13N3O5/c20-14(8-3-5-11(6-4-8)19(23)24)17-18-15(21)12-9-1-2-10(7-9)13(12)16(18)22/h1-6,9-10,12-13H,7H2,(H,17,20)/t9-,10-,12-,13+/m0/s1. The number of benzene rings is 1. The van der Waals surface area contributed by atoms with Gasteiger partial charge in [-0.3, -0.25) is 29.9 Å². The summed E-state index contributed by atoms with van der Waals surface area (Å²) in [5.41, 5.74) is 2.34. The molecule has 1 saturated carbocycles. The van der Waals surface area contributed by atoms with Crippen LogP contribution in [0.1, 0.15) is 16.8 Å². The Balaban J connectivity index is 1.51. The van der Waals surface area contributed by atoms with E-state index in [-0.39, 0.29) is 46.7 Å². The fraction of sp³-hybridized carbons (Fsp3) is 0.312. The summed E-state index contributed by atoms with van der Waals surface area (Å²) >= 11 is 0. The molecular weight excluding hydrogens is 314 g/mol. The molecule has 122 valence electrons. The van der Waals surface area contributed by atoms with Crippen LogP contribution in [0.3, 0.4) is 0 Å². The number of rotatable bonds is 3. The van der Waals surface area contributed by atoms with E-state index in [0.29, 0.717) is 0 Å². The quantitative estimate of drug-likeness (QED) is 0.386. The maximum Gasteiger partial charge on any atom is 0.270 e. The zero-order valence-electron chi connectivity index (χ0n) is 12.4. The van der Waals surface area contributed by atoms with Crippen LogP contribution >= 0.6 is 0 Å². The summed E-state index contributed by atoms with van der Waals surface area (Å²) in [7, 11) is 0. The average molecular weight is 327 g/mol. The van der Waals surface area contributed by atoms with E-state index in [1.165, 1.54) is 24.3 Å². The third-order valence-corrected chi connectivity index (χ3v) is 5.02. The highest BCUT2D eigenvalue weighted by Crippen LogP contribution is 2.52. The Kier molecular flexibility index (Phi) is 3.02. The Labute approximate surface area is 136 Å². The van der Waals surface area contributed by atoms with Crippen molar-refractivity contribution < 1.29 is 19.3 Å². The van der Waals surface area contributed by atoms with Crippen molar-refractivity contribution in [2.24, 2.45) is 23.7 Å². The van der Waals surface area contributed by atoms with Gasteiger partial charge in [0.2, 0.25) is 0 Å². The Hall–Kier alpha value is -3.03. The fourth-order valence-corrected chi connectivity index (χ4v) is 3.91. The highest BCUT2D eigenvalue weighted by atomic mass is 16.6. The minimum absolute atomic E-state index is 0.0673. The van der Waals surface area contributed by atoms with Gasteiger partial charge in [0.15, 0.2) is 0 Å². The van der Waals surface area contributed by atoms with Crippen LogP contribution in [0.2, 0.25) is 0 Å². The van der Waals surface area contributed by atoms with Gasteiger partial charge in [0, 0.05) is 17.7 Å². The van der Waals surface area contributed by atoms with Crippen LogP contribution in [0.25, 0.3) is 0 Å². The van der Waals surface area contributed by atoms with Crippen LogP contribution in [-0.4, -0.2) is 27.7 Å². The highest BCUT2D eigenvalue weighted by molar-refractivity contribution is 6.08. The Morgan fingerprint density at radius 2 is 1.62 bits per heavy atom. The van der Waals surface area contributed by atoms with Gasteiger partial charge in [0.05, 0.1) is 16.8 Å². The number of fused-ring (bicyclic) bond motifs is 5. The number of hydrogen-bond acceptors (Lipinski definition) is 5. The second kappa shape index (κ2) is 4.98. The molecule has 1 heterocycles. The van der Waals surface area contributed by atoms with Gasteiger partial charge >= 0.3 is 0 Å². The van der Waals surface area contributed by atoms with Crippen molar-refractivity contribution in [3.63, 3.8) is 0 Å². The number of carbonyl (C=O) groups is 3. The van der Waals surface area contributed by atoms with Crippen LogP contribution in [0.4, 0.5) is 5.69 Å². The van der Waals surface area contributed by atoms with Crippen molar-refractivity contribution >= 4 is 23.4 Å². The largest absolute Gasteiger partial charge is 0.272 e. The Morgan fingerprint density at radius 1 is 1.08 bits per heavy atom. The van der Waals surface area contributed by atoms with E-state index < -0.39 is 10.8 Å². The smallest absolute Gasteiger partial charge is 0.270 e. The minimum atomic E-state index is -0.646. The summed E-state index contributed by atoms with van der Waals surface area (Å²) in [5, 5.41) is 11.4. The maximum atomic E-state index is 12.5. The average Bonchev–Trinajstić information content (AvgIpc) is 3.24. The maximum absolute atomic E-state index is 12.5. The van der Waals surface area contributed by atoms with E-state index in [1.54, 1.807) is 0 Å². The lowest BCUT2D eigenvalue weighted by Gasteiger charge is -2.17. The molecule has 0 spiro atoms. The van der Waals surface area contributed by atoms with Gasteiger partial charge in [-0.25, -0.2) is 0 Å². The summed E-state index contributed by atoms with van der Waals surface area (Å²) in [5.74, 6) is -2.04. The topological polar surface area (TPSA) is 110 Å². The molecule has 3 aliphatic rings. The van der Waals surface area contributed by atoms with Crippen LogP contribution in [0, 0.1) is 33.8 Å². The van der Waals surface area contributed by atoms with Crippen LogP contribution in [0.15, 0.2) is 36.4 Å². The van der Waals surface area contributed by atoms with Crippen molar-refractivity contribution in [3.05, 3.63) is 52.1 Å². The van der Waals surface area contributed by atoms with E-state index in [4.69, 9.17) is 0 Å². The van der Waals surface area contributed by atoms with Gasteiger partial charge in [0.1, 0.15) is 0 Å². The first-order valence-corrected chi connectivity index (χ1v) is 7.59. The first kappa shape index (κ1) is 14.6. The molecule has 0 unspecified atom stereocenters. The van der Waals surface area contributed by atoms with Crippen molar-refractivity contribution in [2.45, 2.75) is 6.42 Å². The number of nitro groups is 1. The number of allylic oxidation sites excluding steroid dienone is 2. The first-order valence-electron chi connectivity index (χ1n) is 7.59. The molecule has 1 N–H and O–H groups in total. The first-order chi connectivity index (χ1) is 11.5. The van der Waals surface area contributed by atoms with Crippen molar-refractivity contribution in [1.82, 2.24) is 10.4 Å². The van der Waals surface area contributed by atoms with E-state index in [1.807, 2.05) is 12.2 Å². The molecule has 1 aromatic rings. The van der Waals surface area contributed by atoms with Crippen molar-refractivity contribution in [2.75, 3.05) is 0 Å². The molecule has 4 atom stereocenters. The molecular formula is C16H13N3O5. The summed E-state index contributed by atoms with van der Waals surface area (Å²) in [6, 6.07) is 4.96. The zero-order valence-corrected chi connectivity index (χ0v) is 12.4. The number of amides is 3. The van der Waals surface area contributed by atoms with E-state index >= 15 is 0 Å². The Morgan fingerprint density at radius 3 is 2.12 bits per heavy atom. The molecule has 8 heteroatoms. The fourth-order valence-electron chi connectivity index (χ4n) is 3.91. The number of hydrogen-bond donors (Lipinski definition) is 1. The van der Waals surface area contributed by atoms with Crippen molar-refractivity contribution in [3.8, 4) is 0 Å². The second-order valence-electron chi connectivity index (χ2n) is 6.26. The molecule has 2 aliphatic carbocycles. The summed E-state index contributed by atoms with van der Waals surface area (Å²) in [4.78, 5) is 47.2. The normalized spacial score (nSPS) is 29.9. The lowest BCUT2D eigenvalue weighted by atomic mass is 9.85. The zero-order chi connectivity index (χ0) is 17.0. The molecule has 4 rings (SSSR count). The van der Waals surface area contributed by atoms with Gasteiger partial charge in [-0.15, -0.1) is 0 Å². The summed E-state index contributed by atoms with van der Waals surface area (Å²) in [6.07, 6.45) is 4.76. The number of carbonyl (C=O) groups excluding carboxylic acids is 3. The number of non-ortho nitro benzene ring substituents is 1. The van der Waals surface area contributed by atoms with Gasteiger partial charge in [-0.2, -0.15) is 5.01 Å². The molecule has 1 aromatic carbocycles. The number of imide groups is 1. The molecule has 24 heavy (non-hydrogen) atoms. The van der Waals surface area contributed by atoms with Crippen LogP contribution in [0.5, 0.6) is 0 Å². The third-order valence-electron chi connectivity index (χ3n) is 5.02. The lowest BCUT2D eigenvalue weighted by Crippen LogP contribution is -2.47. The molecule has 0 radical (unpaired) electrons. The predicted octanol–water partition coefficient (Wildman–Crippen LogP) is 1.05.